The number of anilines is 2. The first-order valence-corrected chi connectivity index (χ1v) is 11.7. The first kappa shape index (κ1) is 20.0. The normalized spacial score (nSPS) is 14.0. The Labute approximate surface area is 187 Å². The number of nitrogens with one attached hydrogen (secondary N) is 1. The third-order valence-electron chi connectivity index (χ3n) is 5.98. The predicted molar refractivity (Wildman–Crippen MR) is 130 cm³/mol. The molecule has 6 nitrogen and oxygen atoms in total. The Morgan fingerprint density at radius 2 is 1.97 bits per heavy atom. The van der Waals surface area contributed by atoms with Gasteiger partial charge in [0.2, 0.25) is 0 Å². The van der Waals surface area contributed by atoms with Crippen LogP contribution in [0.1, 0.15) is 25.5 Å². The van der Waals surface area contributed by atoms with Crippen molar-refractivity contribution in [3.05, 3.63) is 54.6 Å². The van der Waals surface area contributed by atoms with Crippen molar-refractivity contribution in [2.45, 2.75) is 38.1 Å². The average molecular weight is 433 g/mol. The summed E-state index contributed by atoms with van der Waals surface area (Å²) in [5.74, 6) is 0. The van der Waals surface area contributed by atoms with E-state index in [2.05, 4.69) is 87.9 Å². The fourth-order valence-electron chi connectivity index (χ4n) is 4.32. The summed E-state index contributed by atoms with van der Waals surface area (Å²) in [5.41, 5.74) is 6.83. The monoisotopic (exact) mass is 432 g/mol. The van der Waals surface area contributed by atoms with Crippen molar-refractivity contribution in [2.24, 2.45) is 7.05 Å². The summed E-state index contributed by atoms with van der Waals surface area (Å²) in [6.07, 6.45) is 8.72. The molecule has 0 atom stereocenters. The van der Waals surface area contributed by atoms with Crippen molar-refractivity contribution in [2.75, 3.05) is 22.7 Å². The fourth-order valence-corrected chi connectivity index (χ4v) is 5.08. The van der Waals surface area contributed by atoms with E-state index in [0.717, 1.165) is 46.9 Å². The first-order chi connectivity index (χ1) is 15.1. The van der Waals surface area contributed by atoms with Gasteiger partial charge in [-0.1, -0.05) is 12.1 Å². The summed E-state index contributed by atoms with van der Waals surface area (Å²) in [6, 6.07) is 11.0. The van der Waals surface area contributed by atoms with Gasteiger partial charge in [-0.05, 0) is 62.4 Å². The summed E-state index contributed by atoms with van der Waals surface area (Å²) in [6.45, 7) is 7.32. The summed E-state index contributed by atoms with van der Waals surface area (Å²) >= 11 is 1.61. The molecule has 3 aromatic heterocycles. The highest BCUT2D eigenvalue weighted by Gasteiger charge is 2.17. The molecule has 0 radical (unpaired) electrons. The largest absolute Gasteiger partial charge is 0.372 e. The van der Waals surface area contributed by atoms with Crippen LogP contribution in [0.15, 0.2) is 53.8 Å². The molecule has 1 saturated heterocycles. The molecule has 0 unspecified atom stereocenters. The van der Waals surface area contributed by atoms with Gasteiger partial charge in [-0.2, -0.15) is 5.10 Å². The molecule has 0 amide bonds. The molecule has 1 aliphatic heterocycles. The van der Waals surface area contributed by atoms with E-state index in [-0.39, 0.29) is 0 Å². The second-order valence-electron chi connectivity index (χ2n) is 8.09. The highest BCUT2D eigenvalue weighted by atomic mass is 32.2. The molecule has 0 spiro atoms. The number of hydrogen-bond acceptors (Lipinski definition) is 5. The molecule has 31 heavy (non-hydrogen) atoms. The molecule has 0 saturated carbocycles. The van der Waals surface area contributed by atoms with Gasteiger partial charge in [0.1, 0.15) is 5.65 Å². The maximum Gasteiger partial charge on any atom is 0.142 e. The van der Waals surface area contributed by atoms with Gasteiger partial charge in [0.05, 0.1) is 21.7 Å². The molecule has 4 heterocycles. The van der Waals surface area contributed by atoms with Crippen LogP contribution in [0.2, 0.25) is 0 Å². The maximum atomic E-state index is 4.66. The zero-order valence-electron chi connectivity index (χ0n) is 18.3. The Hall–Kier alpha value is -2.93. The SMILES string of the molecule is CCn1cc(SNc2ccnc3c2c(-c2cccc(N4CCCC4)c2)cn3C)c(C)n1. The molecule has 0 bridgehead atoms. The van der Waals surface area contributed by atoms with E-state index in [4.69, 9.17) is 0 Å². The van der Waals surface area contributed by atoms with Crippen molar-refractivity contribution in [3.8, 4) is 11.1 Å². The van der Waals surface area contributed by atoms with Gasteiger partial charge in [-0.15, -0.1) is 0 Å². The van der Waals surface area contributed by atoms with E-state index in [9.17, 15) is 0 Å². The van der Waals surface area contributed by atoms with Crippen molar-refractivity contribution < 1.29 is 0 Å². The Morgan fingerprint density at radius 3 is 2.74 bits per heavy atom. The van der Waals surface area contributed by atoms with Gasteiger partial charge in [0.15, 0.2) is 0 Å². The zero-order valence-corrected chi connectivity index (χ0v) is 19.1. The molecule has 7 heteroatoms. The van der Waals surface area contributed by atoms with Crippen LogP contribution in [-0.2, 0) is 13.6 Å². The van der Waals surface area contributed by atoms with Crippen molar-refractivity contribution in [3.63, 3.8) is 0 Å². The van der Waals surface area contributed by atoms with E-state index >= 15 is 0 Å². The van der Waals surface area contributed by atoms with Crippen LogP contribution < -0.4 is 9.62 Å². The lowest BCUT2D eigenvalue weighted by Crippen LogP contribution is -2.17. The molecule has 160 valence electrons. The Morgan fingerprint density at radius 1 is 1.13 bits per heavy atom. The maximum absolute atomic E-state index is 4.66. The smallest absolute Gasteiger partial charge is 0.142 e. The van der Waals surface area contributed by atoms with Gasteiger partial charge >= 0.3 is 0 Å². The lowest BCUT2D eigenvalue weighted by molar-refractivity contribution is 0.653. The van der Waals surface area contributed by atoms with Gasteiger partial charge in [-0.25, -0.2) is 4.98 Å². The third-order valence-corrected chi connectivity index (χ3v) is 6.92. The second kappa shape index (κ2) is 8.30. The number of aryl methyl sites for hydroxylation is 3. The molecule has 0 aliphatic carbocycles. The molecular formula is C24H28N6S. The summed E-state index contributed by atoms with van der Waals surface area (Å²) in [5, 5.41) is 5.70. The third kappa shape index (κ3) is 3.78. The molecule has 1 fully saturated rings. The van der Waals surface area contributed by atoms with Crippen LogP contribution in [0.25, 0.3) is 22.2 Å². The topological polar surface area (TPSA) is 50.9 Å². The van der Waals surface area contributed by atoms with E-state index in [1.165, 1.54) is 29.7 Å². The Bertz CT molecular complexity index is 1220. The van der Waals surface area contributed by atoms with Gasteiger partial charge in [-0.3, -0.25) is 4.68 Å². The quantitative estimate of drug-likeness (QED) is 0.409. The van der Waals surface area contributed by atoms with Crippen molar-refractivity contribution >= 4 is 34.4 Å². The standard InChI is InChI=1S/C24H28N6S/c1-4-30-16-22(17(2)26-30)31-27-21-10-11-25-24-23(21)20(15-28(24)3)18-8-7-9-19(14-18)29-12-5-6-13-29/h7-11,14-16H,4-6,12-13H2,1-3H3,(H,25,27). The van der Waals surface area contributed by atoms with Crippen molar-refractivity contribution in [1.29, 1.82) is 0 Å². The number of nitrogens with zero attached hydrogens (tertiary/aromatic N) is 5. The summed E-state index contributed by atoms with van der Waals surface area (Å²) < 4.78 is 7.66. The van der Waals surface area contributed by atoms with Crippen molar-refractivity contribution in [1.82, 2.24) is 19.3 Å². The van der Waals surface area contributed by atoms with Crippen LogP contribution in [0.3, 0.4) is 0 Å². The van der Waals surface area contributed by atoms with E-state index in [1.54, 1.807) is 11.9 Å². The van der Waals surface area contributed by atoms with Crippen LogP contribution in [0, 0.1) is 6.92 Å². The Kier molecular flexibility index (Phi) is 5.36. The number of benzene rings is 1. The van der Waals surface area contributed by atoms with E-state index in [0.29, 0.717) is 0 Å². The highest BCUT2D eigenvalue weighted by Crippen LogP contribution is 2.37. The predicted octanol–water partition coefficient (Wildman–Crippen LogP) is 5.48. The van der Waals surface area contributed by atoms with Gasteiger partial charge in [0, 0.05) is 56.5 Å². The summed E-state index contributed by atoms with van der Waals surface area (Å²) in [4.78, 5) is 8.29. The van der Waals surface area contributed by atoms with Gasteiger partial charge in [0.25, 0.3) is 0 Å². The molecule has 1 aromatic carbocycles. The van der Waals surface area contributed by atoms with Crippen LogP contribution >= 0.6 is 11.9 Å². The molecule has 1 aliphatic rings. The van der Waals surface area contributed by atoms with Crippen LogP contribution in [0.4, 0.5) is 11.4 Å². The minimum atomic E-state index is 0.872. The minimum Gasteiger partial charge on any atom is -0.372 e. The lowest BCUT2D eigenvalue weighted by atomic mass is 10.0. The first-order valence-electron chi connectivity index (χ1n) is 10.9. The number of hydrogen-bond donors (Lipinski definition) is 1. The molecule has 1 N–H and O–H groups in total. The highest BCUT2D eigenvalue weighted by molar-refractivity contribution is 8.00. The summed E-state index contributed by atoms with van der Waals surface area (Å²) in [7, 11) is 2.06. The number of pyridine rings is 1. The van der Waals surface area contributed by atoms with Gasteiger partial charge < -0.3 is 14.2 Å². The Balaban J connectivity index is 1.52. The molecular weight excluding hydrogens is 404 g/mol. The number of rotatable bonds is 6. The molecule has 4 aromatic rings. The zero-order chi connectivity index (χ0) is 21.4. The van der Waals surface area contributed by atoms with E-state index < -0.39 is 0 Å². The van der Waals surface area contributed by atoms with Crippen LogP contribution in [-0.4, -0.2) is 32.4 Å². The second-order valence-corrected chi connectivity index (χ2v) is 8.94. The minimum absolute atomic E-state index is 0.872. The average Bonchev–Trinajstić information content (AvgIpc) is 3.52. The molecule has 5 rings (SSSR count). The number of aromatic nitrogens is 4. The van der Waals surface area contributed by atoms with Crippen LogP contribution in [0.5, 0.6) is 0 Å². The lowest BCUT2D eigenvalue weighted by Gasteiger charge is -2.18. The number of fused-ring (bicyclic) bond motifs is 1. The van der Waals surface area contributed by atoms with E-state index in [1.807, 2.05) is 10.9 Å². The fraction of sp³-hybridized carbons (Fsp3) is 0.333.